The molecule has 1 aliphatic rings. The Bertz CT molecular complexity index is 1220. The zero-order valence-electron chi connectivity index (χ0n) is 19.9. The third-order valence-electron chi connectivity index (χ3n) is 5.76. The first kappa shape index (κ1) is 23.7. The van der Waals surface area contributed by atoms with E-state index in [1.54, 1.807) is 19.2 Å². The number of amides is 2. The second-order valence-electron chi connectivity index (χ2n) is 8.29. The molecule has 2 amide bonds. The number of carbonyl (C=O) groups is 2. The number of piperazine rings is 1. The lowest BCUT2D eigenvalue weighted by atomic mass is 10.2. The van der Waals surface area contributed by atoms with E-state index < -0.39 is 0 Å². The van der Waals surface area contributed by atoms with Crippen LogP contribution in [0.15, 0.2) is 67.4 Å². The molecule has 0 aliphatic carbocycles. The number of nitrogens with one attached hydrogen (secondary N) is 3. The molecule has 0 radical (unpaired) electrons. The lowest BCUT2D eigenvalue weighted by molar-refractivity contribution is -0.129. The number of benzene rings is 2. The van der Waals surface area contributed by atoms with Crippen LogP contribution in [0.1, 0.15) is 12.5 Å². The molecule has 0 unspecified atom stereocenters. The largest absolute Gasteiger partial charge is 0.368 e. The van der Waals surface area contributed by atoms with Crippen molar-refractivity contribution in [1.82, 2.24) is 14.9 Å². The Kier molecular flexibility index (Phi) is 7.25. The van der Waals surface area contributed by atoms with Gasteiger partial charge in [-0.15, -0.1) is 0 Å². The molecule has 1 saturated heterocycles. The summed E-state index contributed by atoms with van der Waals surface area (Å²) < 4.78 is 0. The standard InChI is InChI=1S/C26H29N7O2/c1-4-24(35)28-21-6-5-7-22(16-21)29-25-18(2)17-27-26(31-25)30-20-8-10-23(11-9-20)33-14-12-32(13-15-33)19(3)34/h4-11,16-17H,1,12-15H2,2-3H3,(H,28,35)(H2,27,29,30,31). The number of hydrogen-bond donors (Lipinski definition) is 3. The maximum Gasteiger partial charge on any atom is 0.247 e. The SMILES string of the molecule is C=CC(=O)Nc1cccc(Nc2nc(Nc3ccc(N4CCN(C(C)=O)CC4)cc3)ncc2C)c1. The maximum absolute atomic E-state index is 11.6. The van der Waals surface area contributed by atoms with E-state index in [1.807, 2.05) is 42.2 Å². The fourth-order valence-corrected chi connectivity index (χ4v) is 3.80. The first-order valence-corrected chi connectivity index (χ1v) is 11.4. The second-order valence-corrected chi connectivity index (χ2v) is 8.29. The van der Waals surface area contributed by atoms with E-state index in [0.717, 1.165) is 48.8 Å². The zero-order valence-corrected chi connectivity index (χ0v) is 19.9. The van der Waals surface area contributed by atoms with Crippen LogP contribution in [0.2, 0.25) is 0 Å². The zero-order chi connectivity index (χ0) is 24.8. The summed E-state index contributed by atoms with van der Waals surface area (Å²) in [4.78, 5) is 36.3. The summed E-state index contributed by atoms with van der Waals surface area (Å²) in [6.45, 7) is 10.1. The molecule has 0 spiro atoms. The lowest BCUT2D eigenvalue weighted by Gasteiger charge is -2.35. The van der Waals surface area contributed by atoms with Crippen molar-refractivity contribution < 1.29 is 9.59 Å². The van der Waals surface area contributed by atoms with Crippen molar-refractivity contribution in [2.45, 2.75) is 13.8 Å². The normalized spacial score (nSPS) is 13.2. The molecule has 3 N–H and O–H groups in total. The summed E-state index contributed by atoms with van der Waals surface area (Å²) in [5.41, 5.74) is 4.33. The smallest absolute Gasteiger partial charge is 0.247 e. The lowest BCUT2D eigenvalue weighted by Crippen LogP contribution is -2.48. The number of nitrogens with zero attached hydrogens (tertiary/aromatic N) is 4. The Balaban J connectivity index is 1.41. The Morgan fingerprint density at radius 3 is 2.37 bits per heavy atom. The van der Waals surface area contributed by atoms with E-state index in [-0.39, 0.29) is 11.8 Å². The van der Waals surface area contributed by atoms with Gasteiger partial charge in [0.2, 0.25) is 17.8 Å². The van der Waals surface area contributed by atoms with Gasteiger partial charge >= 0.3 is 0 Å². The summed E-state index contributed by atoms with van der Waals surface area (Å²) in [6.07, 6.45) is 2.98. The van der Waals surface area contributed by atoms with Gasteiger partial charge in [0.05, 0.1) is 0 Å². The van der Waals surface area contributed by atoms with Gasteiger partial charge in [-0.1, -0.05) is 12.6 Å². The molecule has 0 bridgehead atoms. The topological polar surface area (TPSA) is 102 Å². The molecule has 1 aliphatic heterocycles. The van der Waals surface area contributed by atoms with Gasteiger partial charge in [-0.3, -0.25) is 9.59 Å². The minimum atomic E-state index is -0.267. The van der Waals surface area contributed by atoms with Gasteiger partial charge in [-0.25, -0.2) is 4.98 Å². The first-order chi connectivity index (χ1) is 16.9. The summed E-state index contributed by atoms with van der Waals surface area (Å²) in [7, 11) is 0. The maximum atomic E-state index is 11.6. The van der Waals surface area contributed by atoms with Crippen LogP contribution < -0.4 is 20.9 Å². The Labute approximate surface area is 204 Å². The number of rotatable bonds is 7. The number of hydrogen-bond acceptors (Lipinski definition) is 7. The molecular weight excluding hydrogens is 442 g/mol. The van der Waals surface area contributed by atoms with Crippen LogP contribution in [-0.4, -0.2) is 52.9 Å². The Hall–Kier alpha value is -4.40. The summed E-state index contributed by atoms with van der Waals surface area (Å²) in [6, 6.07) is 15.5. The van der Waals surface area contributed by atoms with E-state index in [4.69, 9.17) is 0 Å². The minimum absolute atomic E-state index is 0.128. The molecular formula is C26H29N7O2. The van der Waals surface area contributed by atoms with E-state index in [2.05, 4.69) is 49.5 Å². The van der Waals surface area contributed by atoms with Crippen molar-refractivity contribution >= 4 is 46.3 Å². The fraction of sp³-hybridized carbons (Fsp3) is 0.231. The Morgan fingerprint density at radius 1 is 0.971 bits per heavy atom. The predicted octanol–water partition coefficient (Wildman–Crippen LogP) is 4.07. The number of aryl methyl sites for hydroxylation is 1. The van der Waals surface area contributed by atoms with Gasteiger partial charge in [0.1, 0.15) is 5.82 Å². The third kappa shape index (κ3) is 6.14. The van der Waals surface area contributed by atoms with Gasteiger partial charge in [-0.2, -0.15) is 4.98 Å². The highest BCUT2D eigenvalue weighted by Gasteiger charge is 2.18. The number of carbonyl (C=O) groups excluding carboxylic acids is 2. The van der Waals surface area contributed by atoms with Crippen molar-refractivity contribution in [3.8, 4) is 0 Å². The average molecular weight is 472 g/mol. The van der Waals surface area contributed by atoms with Gasteiger partial charge in [-0.05, 0) is 55.5 Å². The molecule has 9 heteroatoms. The van der Waals surface area contributed by atoms with E-state index in [1.165, 1.54) is 6.08 Å². The van der Waals surface area contributed by atoms with Crippen molar-refractivity contribution in [3.63, 3.8) is 0 Å². The molecule has 0 atom stereocenters. The molecule has 1 fully saturated rings. The van der Waals surface area contributed by atoms with Crippen molar-refractivity contribution in [2.24, 2.45) is 0 Å². The van der Waals surface area contributed by atoms with E-state index in [9.17, 15) is 9.59 Å². The molecule has 180 valence electrons. The van der Waals surface area contributed by atoms with Crippen molar-refractivity contribution in [2.75, 3.05) is 47.0 Å². The van der Waals surface area contributed by atoms with E-state index in [0.29, 0.717) is 17.5 Å². The summed E-state index contributed by atoms with van der Waals surface area (Å²) >= 11 is 0. The van der Waals surface area contributed by atoms with Crippen LogP contribution in [-0.2, 0) is 9.59 Å². The fourth-order valence-electron chi connectivity index (χ4n) is 3.80. The highest BCUT2D eigenvalue weighted by atomic mass is 16.2. The molecule has 35 heavy (non-hydrogen) atoms. The van der Waals surface area contributed by atoms with E-state index >= 15 is 0 Å². The molecule has 0 saturated carbocycles. The highest BCUT2D eigenvalue weighted by Crippen LogP contribution is 2.24. The predicted molar refractivity (Wildman–Crippen MR) is 140 cm³/mol. The Morgan fingerprint density at radius 2 is 1.69 bits per heavy atom. The van der Waals surface area contributed by atoms with Gasteiger partial charge in [0, 0.05) is 67.6 Å². The molecule has 4 rings (SSSR count). The highest BCUT2D eigenvalue weighted by molar-refractivity contribution is 5.99. The van der Waals surface area contributed by atoms with Crippen molar-refractivity contribution in [1.29, 1.82) is 0 Å². The molecule has 9 nitrogen and oxygen atoms in total. The third-order valence-corrected chi connectivity index (χ3v) is 5.76. The van der Waals surface area contributed by atoms with Crippen LogP contribution in [0.25, 0.3) is 0 Å². The van der Waals surface area contributed by atoms with Crippen LogP contribution >= 0.6 is 0 Å². The average Bonchev–Trinajstić information content (AvgIpc) is 2.87. The van der Waals surface area contributed by atoms with Gasteiger partial charge < -0.3 is 25.8 Å². The van der Waals surface area contributed by atoms with Crippen LogP contribution in [0.5, 0.6) is 0 Å². The molecule has 2 aromatic carbocycles. The number of aromatic nitrogens is 2. The number of anilines is 6. The minimum Gasteiger partial charge on any atom is -0.368 e. The first-order valence-electron chi connectivity index (χ1n) is 11.4. The van der Waals surface area contributed by atoms with Crippen LogP contribution in [0, 0.1) is 6.92 Å². The monoisotopic (exact) mass is 471 g/mol. The van der Waals surface area contributed by atoms with Crippen LogP contribution in [0.4, 0.5) is 34.5 Å². The molecule has 1 aromatic heterocycles. The molecule has 3 aromatic rings. The molecule has 2 heterocycles. The van der Waals surface area contributed by atoms with Gasteiger partial charge in [0.15, 0.2) is 0 Å². The van der Waals surface area contributed by atoms with Crippen LogP contribution in [0.3, 0.4) is 0 Å². The quantitative estimate of drug-likeness (QED) is 0.447. The van der Waals surface area contributed by atoms with Gasteiger partial charge in [0.25, 0.3) is 0 Å². The summed E-state index contributed by atoms with van der Waals surface area (Å²) in [5, 5.41) is 9.29. The summed E-state index contributed by atoms with van der Waals surface area (Å²) in [5.74, 6) is 0.992. The van der Waals surface area contributed by atoms with Crippen molar-refractivity contribution in [3.05, 3.63) is 72.9 Å². The second kappa shape index (κ2) is 10.7.